The van der Waals surface area contributed by atoms with E-state index >= 15 is 0 Å². The first-order chi connectivity index (χ1) is 14.2. The lowest BCUT2D eigenvalue weighted by Crippen LogP contribution is -2.23. The highest BCUT2D eigenvalue weighted by Gasteiger charge is 2.30. The molecule has 0 atom stereocenters. The van der Waals surface area contributed by atoms with Crippen molar-refractivity contribution in [2.45, 2.75) is 33.2 Å². The van der Waals surface area contributed by atoms with Gasteiger partial charge in [0.05, 0.1) is 12.1 Å². The van der Waals surface area contributed by atoms with Crippen LogP contribution in [0.4, 0.5) is 0 Å². The number of hydrogen-bond acceptors (Lipinski definition) is 9. The zero-order chi connectivity index (χ0) is 22.0. The third-order valence-electron chi connectivity index (χ3n) is 4.40. The van der Waals surface area contributed by atoms with Crippen molar-refractivity contribution in [2.24, 2.45) is 0 Å². The number of phenols is 2. The third-order valence-corrected chi connectivity index (χ3v) is 4.40. The van der Waals surface area contributed by atoms with Crippen LogP contribution in [0.1, 0.15) is 48.6 Å². The van der Waals surface area contributed by atoms with Gasteiger partial charge in [-0.3, -0.25) is 4.79 Å². The Labute approximate surface area is 173 Å². The Hall–Kier alpha value is -3.40. The van der Waals surface area contributed by atoms with Crippen molar-refractivity contribution in [1.82, 2.24) is 25.5 Å². The van der Waals surface area contributed by atoms with E-state index in [-0.39, 0.29) is 45.8 Å². The lowest BCUT2D eigenvalue weighted by atomic mass is 9.96. The van der Waals surface area contributed by atoms with Crippen LogP contribution in [0.15, 0.2) is 21.2 Å². The molecule has 0 fully saturated rings. The SMILES string of the molecule is CCNC(=O)c1noc(-c2cc(C(C)C)c(O)cc2O)c1-c1noc(CN(C)C)n1. The molecule has 1 aromatic carbocycles. The molecule has 10 heteroatoms. The molecule has 3 aromatic rings. The Balaban J connectivity index is 2.20. The Morgan fingerprint density at radius 2 is 1.90 bits per heavy atom. The minimum Gasteiger partial charge on any atom is -0.508 e. The van der Waals surface area contributed by atoms with Crippen molar-refractivity contribution in [1.29, 1.82) is 0 Å². The van der Waals surface area contributed by atoms with E-state index in [1.807, 2.05) is 32.8 Å². The number of nitrogens with zero attached hydrogens (tertiary/aromatic N) is 4. The maximum atomic E-state index is 12.6. The molecule has 30 heavy (non-hydrogen) atoms. The van der Waals surface area contributed by atoms with Crippen molar-refractivity contribution in [3.8, 4) is 34.2 Å². The highest BCUT2D eigenvalue weighted by Crippen LogP contribution is 2.42. The van der Waals surface area contributed by atoms with Crippen LogP contribution in [-0.4, -0.2) is 57.0 Å². The van der Waals surface area contributed by atoms with E-state index < -0.39 is 5.91 Å². The van der Waals surface area contributed by atoms with Gasteiger partial charge in [0.15, 0.2) is 11.5 Å². The van der Waals surface area contributed by atoms with Crippen LogP contribution in [-0.2, 0) is 6.54 Å². The van der Waals surface area contributed by atoms with Crippen molar-refractivity contribution in [2.75, 3.05) is 20.6 Å². The normalized spacial score (nSPS) is 11.4. The summed E-state index contributed by atoms with van der Waals surface area (Å²) in [4.78, 5) is 18.8. The van der Waals surface area contributed by atoms with Gasteiger partial charge in [-0.15, -0.1) is 0 Å². The molecule has 0 aliphatic heterocycles. The fraction of sp³-hybridized carbons (Fsp3) is 0.400. The molecule has 0 unspecified atom stereocenters. The number of nitrogens with one attached hydrogen (secondary N) is 1. The van der Waals surface area contributed by atoms with Gasteiger partial charge in [-0.1, -0.05) is 24.2 Å². The molecule has 0 radical (unpaired) electrons. The van der Waals surface area contributed by atoms with Gasteiger partial charge in [-0.2, -0.15) is 4.98 Å². The molecule has 2 heterocycles. The van der Waals surface area contributed by atoms with Gasteiger partial charge < -0.3 is 29.5 Å². The van der Waals surface area contributed by atoms with Gasteiger partial charge in [-0.05, 0) is 38.6 Å². The summed E-state index contributed by atoms with van der Waals surface area (Å²) in [6.45, 7) is 6.39. The molecule has 160 valence electrons. The lowest BCUT2D eigenvalue weighted by molar-refractivity contribution is 0.0947. The van der Waals surface area contributed by atoms with E-state index in [0.29, 0.717) is 24.5 Å². The number of carbonyl (C=O) groups excluding carboxylic acids is 1. The lowest BCUT2D eigenvalue weighted by Gasteiger charge is -2.11. The maximum Gasteiger partial charge on any atom is 0.274 e. The summed E-state index contributed by atoms with van der Waals surface area (Å²) in [6.07, 6.45) is 0. The molecule has 2 aromatic heterocycles. The van der Waals surface area contributed by atoms with E-state index in [0.717, 1.165) is 0 Å². The molecule has 10 nitrogen and oxygen atoms in total. The summed E-state index contributed by atoms with van der Waals surface area (Å²) in [6, 6.07) is 2.83. The van der Waals surface area contributed by atoms with E-state index in [4.69, 9.17) is 9.05 Å². The van der Waals surface area contributed by atoms with Crippen LogP contribution >= 0.6 is 0 Å². The Bertz CT molecular complexity index is 1050. The Kier molecular flexibility index (Phi) is 6.06. The second-order valence-electron chi connectivity index (χ2n) is 7.43. The third kappa shape index (κ3) is 4.13. The average molecular weight is 415 g/mol. The van der Waals surface area contributed by atoms with Crippen molar-refractivity contribution in [3.63, 3.8) is 0 Å². The molecular weight excluding hydrogens is 390 g/mol. The van der Waals surface area contributed by atoms with Crippen molar-refractivity contribution < 1.29 is 24.1 Å². The summed E-state index contributed by atoms with van der Waals surface area (Å²) in [5, 5.41) is 31.2. The zero-order valence-electron chi connectivity index (χ0n) is 17.6. The van der Waals surface area contributed by atoms with Crippen LogP contribution in [0.3, 0.4) is 0 Å². The smallest absolute Gasteiger partial charge is 0.274 e. The fourth-order valence-electron chi connectivity index (χ4n) is 3.01. The number of aromatic hydroxyl groups is 2. The number of phenolic OH excluding ortho intramolecular Hbond substituents is 2. The van der Waals surface area contributed by atoms with E-state index in [2.05, 4.69) is 20.6 Å². The summed E-state index contributed by atoms with van der Waals surface area (Å²) >= 11 is 0. The van der Waals surface area contributed by atoms with E-state index in [1.165, 1.54) is 6.07 Å². The molecular formula is C20H25N5O5. The Morgan fingerprint density at radius 1 is 1.17 bits per heavy atom. The molecule has 0 aliphatic carbocycles. The number of rotatable bonds is 7. The first-order valence-electron chi connectivity index (χ1n) is 9.54. The first-order valence-corrected chi connectivity index (χ1v) is 9.54. The molecule has 0 bridgehead atoms. The maximum absolute atomic E-state index is 12.6. The number of carbonyl (C=O) groups is 1. The highest BCUT2D eigenvalue weighted by atomic mass is 16.5. The first kappa shape index (κ1) is 21.3. The second kappa shape index (κ2) is 8.54. The molecule has 0 spiro atoms. The molecule has 1 amide bonds. The predicted octanol–water partition coefficient (Wildman–Crippen LogP) is 2.74. The highest BCUT2D eigenvalue weighted by molar-refractivity contribution is 6.01. The zero-order valence-corrected chi connectivity index (χ0v) is 17.6. The van der Waals surface area contributed by atoms with Crippen LogP contribution in [0.25, 0.3) is 22.7 Å². The number of amides is 1. The number of hydrogen-bond donors (Lipinski definition) is 3. The Morgan fingerprint density at radius 3 is 2.53 bits per heavy atom. The van der Waals surface area contributed by atoms with Crippen LogP contribution in [0.5, 0.6) is 11.5 Å². The average Bonchev–Trinajstić information content (AvgIpc) is 3.27. The molecule has 3 N–H and O–H groups in total. The van der Waals surface area contributed by atoms with Gasteiger partial charge in [0.2, 0.25) is 11.7 Å². The van der Waals surface area contributed by atoms with Crippen molar-refractivity contribution in [3.05, 3.63) is 29.3 Å². The number of benzene rings is 1. The van der Waals surface area contributed by atoms with Gasteiger partial charge >= 0.3 is 0 Å². The molecule has 0 saturated heterocycles. The monoisotopic (exact) mass is 415 g/mol. The fourth-order valence-corrected chi connectivity index (χ4v) is 3.01. The number of aromatic nitrogens is 3. The van der Waals surface area contributed by atoms with Crippen LogP contribution < -0.4 is 5.32 Å². The van der Waals surface area contributed by atoms with Crippen LogP contribution in [0, 0.1) is 0 Å². The quantitative estimate of drug-likeness (QED) is 0.531. The van der Waals surface area contributed by atoms with Gasteiger partial charge in [0.1, 0.15) is 17.1 Å². The molecule has 0 aliphatic rings. The topological polar surface area (TPSA) is 138 Å². The summed E-state index contributed by atoms with van der Waals surface area (Å²) < 4.78 is 10.8. The standard InChI is InChI=1S/C20H25N5O5/c1-6-21-20(28)17-16(19-22-15(29-24-19)9-25(4)5)18(30-23-17)12-7-11(10(2)3)13(26)8-14(12)27/h7-8,10,26-27H,6,9H2,1-5H3,(H,21,28). The summed E-state index contributed by atoms with van der Waals surface area (Å²) in [5.41, 5.74) is 1.03. The largest absolute Gasteiger partial charge is 0.508 e. The summed E-state index contributed by atoms with van der Waals surface area (Å²) in [5.74, 6) is -0.185. The minimum absolute atomic E-state index is 0.0181. The van der Waals surface area contributed by atoms with Gasteiger partial charge in [-0.25, -0.2) is 0 Å². The minimum atomic E-state index is -0.469. The van der Waals surface area contributed by atoms with E-state index in [1.54, 1.807) is 13.0 Å². The van der Waals surface area contributed by atoms with Crippen LogP contribution in [0.2, 0.25) is 0 Å². The molecule has 0 saturated carbocycles. The molecule has 3 rings (SSSR count). The van der Waals surface area contributed by atoms with Gasteiger partial charge in [0, 0.05) is 12.6 Å². The predicted molar refractivity (Wildman–Crippen MR) is 108 cm³/mol. The second-order valence-corrected chi connectivity index (χ2v) is 7.43. The summed E-state index contributed by atoms with van der Waals surface area (Å²) in [7, 11) is 3.72. The van der Waals surface area contributed by atoms with E-state index in [9.17, 15) is 15.0 Å². The van der Waals surface area contributed by atoms with Gasteiger partial charge in [0.25, 0.3) is 5.91 Å². The van der Waals surface area contributed by atoms with Crippen molar-refractivity contribution >= 4 is 5.91 Å².